The predicted octanol–water partition coefficient (Wildman–Crippen LogP) is 3.39. The van der Waals surface area contributed by atoms with Crippen molar-refractivity contribution in [3.8, 4) is 0 Å². The number of halogens is 1. The smallest absolute Gasteiger partial charge is 0.193 e. The van der Waals surface area contributed by atoms with Crippen molar-refractivity contribution in [2.45, 2.75) is 25.8 Å². The molecule has 2 aromatic heterocycles. The summed E-state index contributed by atoms with van der Waals surface area (Å²) in [5, 5.41) is 3.18. The van der Waals surface area contributed by atoms with Gasteiger partial charge >= 0.3 is 0 Å². The summed E-state index contributed by atoms with van der Waals surface area (Å²) in [5.74, 6) is 0. The van der Waals surface area contributed by atoms with E-state index in [9.17, 15) is 0 Å². The van der Waals surface area contributed by atoms with Gasteiger partial charge in [-0.1, -0.05) is 22.4 Å². The normalized spacial score (nSPS) is 11.7. The Labute approximate surface area is 115 Å². The maximum Gasteiger partial charge on any atom is 0.193 e. The van der Waals surface area contributed by atoms with E-state index in [-0.39, 0.29) is 0 Å². The third-order valence-corrected chi connectivity index (χ3v) is 4.08. The number of thiazole rings is 1. The average Bonchev–Trinajstić information content (AvgIpc) is 2.84. The van der Waals surface area contributed by atoms with Gasteiger partial charge in [0, 0.05) is 29.6 Å². The van der Waals surface area contributed by atoms with Gasteiger partial charge in [-0.2, -0.15) is 0 Å². The highest BCUT2D eigenvalue weighted by atomic mass is 79.9. The monoisotopic (exact) mass is 315 g/mol. The Balaban J connectivity index is 1.78. The number of imidazole rings is 1. The summed E-state index contributed by atoms with van der Waals surface area (Å²) in [6.45, 7) is 2.10. The first-order chi connectivity index (χ1) is 8.29. The van der Waals surface area contributed by atoms with Crippen LogP contribution in [-0.2, 0) is 6.54 Å². The molecule has 2 aromatic rings. The molecule has 0 fully saturated rings. The van der Waals surface area contributed by atoms with Crippen LogP contribution in [0.1, 0.15) is 25.0 Å². The van der Waals surface area contributed by atoms with Gasteiger partial charge in [0.25, 0.3) is 0 Å². The summed E-state index contributed by atoms with van der Waals surface area (Å²) in [6.07, 6.45) is 8.03. The van der Waals surface area contributed by atoms with Crippen molar-refractivity contribution in [2.24, 2.45) is 0 Å². The quantitative estimate of drug-likeness (QED) is 0.576. The van der Waals surface area contributed by atoms with Crippen molar-refractivity contribution < 1.29 is 0 Å². The third-order valence-electron chi connectivity index (χ3n) is 2.75. The second kappa shape index (κ2) is 6.52. The van der Waals surface area contributed by atoms with E-state index in [1.807, 2.05) is 0 Å². The minimum Gasteiger partial charge on any atom is -0.300 e. The molecule has 5 heteroatoms. The zero-order chi connectivity index (χ0) is 12.1. The fraction of sp³-hybridized carbons (Fsp3) is 0.583. The molecular weight excluding hydrogens is 298 g/mol. The number of hydrogen-bond acceptors (Lipinski definition) is 3. The lowest BCUT2D eigenvalue weighted by Crippen LogP contribution is -2.19. The highest BCUT2D eigenvalue weighted by Gasteiger charge is 2.05. The topological polar surface area (TPSA) is 20.5 Å². The lowest BCUT2D eigenvalue weighted by molar-refractivity contribution is 0.315. The molecule has 2 rings (SSSR count). The molecule has 0 amide bonds. The van der Waals surface area contributed by atoms with Crippen LogP contribution in [-0.4, -0.2) is 33.2 Å². The Morgan fingerprint density at radius 3 is 3.06 bits per heavy atom. The molecule has 0 N–H and O–H groups in total. The maximum absolute atomic E-state index is 4.59. The number of aromatic nitrogens is 2. The molecule has 0 aliphatic rings. The molecule has 0 aliphatic heterocycles. The van der Waals surface area contributed by atoms with Gasteiger partial charge < -0.3 is 4.90 Å². The largest absolute Gasteiger partial charge is 0.300 e. The first-order valence-electron chi connectivity index (χ1n) is 5.95. The lowest BCUT2D eigenvalue weighted by atomic mass is 10.2. The molecule has 2 heterocycles. The Morgan fingerprint density at radius 2 is 2.29 bits per heavy atom. The van der Waals surface area contributed by atoms with Gasteiger partial charge in [0.1, 0.15) is 0 Å². The molecule has 0 saturated heterocycles. The SMILES string of the molecule is CN(CCCCCBr)Cc1cn2ccsc2n1. The summed E-state index contributed by atoms with van der Waals surface area (Å²) in [4.78, 5) is 8.03. The van der Waals surface area contributed by atoms with E-state index in [1.165, 1.54) is 25.0 Å². The number of nitrogens with zero attached hydrogens (tertiary/aromatic N) is 3. The zero-order valence-corrected chi connectivity index (χ0v) is 12.5. The predicted molar refractivity (Wildman–Crippen MR) is 77.0 cm³/mol. The van der Waals surface area contributed by atoms with Gasteiger partial charge in [0.15, 0.2) is 4.96 Å². The number of rotatable bonds is 7. The molecule has 0 unspecified atom stereocenters. The highest BCUT2D eigenvalue weighted by molar-refractivity contribution is 9.09. The van der Waals surface area contributed by atoms with E-state index in [2.05, 4.69) is 55.0 Å². The Hall–Kier alpha value is -0.390. The molecule has 0 spiro atoms. The number of hydrogen-bond donors (Lipinski definition) is 0. The molecular formula is C12H18BrN3S. The van der Waals surface area contributed by atoms with Crippen molar-refractivity contribution in [3.05, 3.63) is 23.5 Å². The van der Waals surface area contributed by atoms with E-state index in [0.29, 0.717) is 0 Å². The number of unbranched alkanes of at least 4 members (excludes halogenated alkanes) is 2. The van der Waals surface area contributed by atoms with E-state index in [1.54, 1.807) is 11.3 Å². The van der Waals surface area contributed by atoms with Crippen molar-refractivity contribution in [1.82, 2.24) is 14.3 Å². The lowest BCUT2D eigenvalue weighted by Gasteiger charge is -2.14. The van der Waals surface area contributed by atoms with Crippen LogP contribution < -0.4 is 0 Å². The highest BCUT2D eigenvalue weighted by Crippen LogP contribution is 2.12. The molecule has 0 aliphatic carbocycles. The van der Waals surface area contributed by atoms with E-state index < -0.39 is 0 Å². The van der Waals surface area contributed by atoms with E-state index >= 15 is 0 Å². The summed E-state index contributed by atoms with van der Waals surface area (Å²) in [6, 6.07) is 0. The van der Waals surface area contributed by atoms with Crippen LogP contribution in [0.25, 0.3) is 4.96 Å². The summed E-state index contributed by atoms with van der Waals surface area (Å²) < 4.78 is 2.10. The Bertz CT molecular complexity index is 423. The second-order valence-corrected chi connectivity index (χ2v) is 5.98. The molecule has 0 aromatic carbocycles. The van der Waals surface area contributed by atoms with Crippen molar-refractivity contribution in [1.29, 1.82) is 0 Å². The fourth-order valence-electron chi connectivity index (χ4n) is 1.86. The van der Waals surface area contributed by atoms with Crippen molar-refractivity contribution in [2.75, 3.05) is 18.9 Å². The first kappa shape index (κ1) is 13.1. The Kier molecular flexibility index (Phi) is 5.00. The zero-order valence-electron chi connectivity index (χ0n) is 10.1. The van der Waals surface area contributed by atoms with Crippen LogP contribution in [0, 0.1) is 0 Å². The van der Waals surface area contributed by atoms with E-state index in [4.69, 9.17) is 0 Å². The molecule has 0 saturated carbocycles. The van der Waals surface area contributed by atoms with E-state index in [0.717, 1.165) is 23.4 Å². The van der Waals surface area contributed by atoms with Crippen LogP contribution >= 0.6 is 27.3 Å². The molecule has 0 atom stereocenters. The number of alkyl halides is 1. The third kappa shape index (κ3) is 3.79. The second-order valence-electron chi connectivity index (χ2n) is 4.31. The average molecular weight is 316 g/mol. The van der Waals surface area contributed by atoms with Crippen LogP contribution in [0.4, 0.5) is 0 Å². The van der Waals surface area contributed by atoms with Gasteiger partial charge in [-0.05, 0) is 26.4 Å². The van der Waals surface area contributed by atoms with Crippen molar-refractivity contribution in [3.63, 3.8) is 0 Å². The van der Waals surface area contributed by atoms with Crippen LogP contribution in [0.2, 0.25) is 0 Å². The maximum atomic E-state index is 4.59. The van der Waals surface area contributed by atoms with Crippen LogP contribution in [0.5, 0.6) is 0 Å². The Morgan fingerprint density at radius 1 is 1.41 bits per heavy atom. The molecule has 0 radical (unpaired) electrons. The molecule has 94 valence electrons. The minimum absolute atomic E-state index is 0.947. The van der Waals surface area contributed by atoms with Crippen LogP contribution in [0.3, 0.4) is 0 Å². The summed E-state index contributed by atoms with van der Waals surface area (Å²) in [5.41, 5.74) is 1.17. The van der Waals surface area contributed by atoms with Gasteiger partial charge in [-0.15, -0.1) is 11.3 Å². The first-order valence-corrected chi connectivity index (χ1v) is 7.95. The molecule has 17 heavy (non-hydrogen) atoms. The van der Waals surface area contributed by atoms with Gasteiger partial charge in [-0.25, -0.2) is 4.98 Å². The minimum atomic E-state index is 0.947. The van der Waals surface area contributed by atoms with Gasteiger partial charge in [0.05, 0.1) is 5.69 Å². The number of fused-ring (bicyclic) bond motifs is 1. The van der Waals surface area contributed by atoms with Gasteiger partial charge in [-0.3, -0.25) is 4.40 Å². The summed E-state index contributed by atoms with van der Waals surface area (Å²) >= 11 is 5.15. The molecule has 3 nitrogen and oxygen atoms in total. The fourth-order valence-corrected chi connectivity index (χ4v) is 2.98. The standard InChI is InChI=1S/C12H18BrN3S/c1-15(6-4-2-3-5-13)9-11-10-16-7-8-17-12(16)14-11/h7-8,10H,2-6,9H2,1H3. The summed E-state index contributed by atoms with van der Waals surface area (Å²) in [7, 11) is 2.17. The van der Waals surface area contributed by atoms with Gasteiger partial charge in [0.2, 0.25) is 0 Å². The van der Waals surface area contributed by atoms with Crippen LogP contribution in [0.15, 0.2) is 17.8 Å². The molecule has 0 bridgehead atoms. The van der Waals surface area contributed by atoms with Crippen molar-refractivity contribution >= 4 is 32.2 Å².